The first-order chi connectivity index (χ1) is 29.7. The number of nitrogens with zero attached hydrogens (tertiary/aromatic N) is 1. The number of ether oxygens (including phenoxy) is 2. The third-order valence-corrected chi connectivity index (χ3v) is 12.6. The molecule has 0 radical (unpaired) electrons. The summed E-state index contributed by atoms with van der Waals surface area (Å²) in [5, 5.41) is 0. The van der Waals surface area contributed by atoms with E-state index in [1.54, 1.807) is 0 Å². The third kappa shape index (κ3) is 48.1. The summed E-state index contributed by atoms with van der Waals surface area (Å²) in [6.07, 6.45) is 49.7. The number of likely N-dealkylation sites (N-methyl/N-ethyl adjacent to an activating group) is 1. The molecule has 0 saturated heterocycles. The van der Waals surface area contributed by atoms with E-state index in [1.807, 2.05) is 19.0 Å². The van der Waals surface area contributed by atoms with Crippen LogP contribution < -0.4 is 0 Å². The summed E-state index contributed by atoms with van der Waals surface area (Å²) in [4.78, 5) is 37.2. The van der Waals surface area contributed by atoms with Gasteiger partial charge in [0.2, 0.25) is 0 Å². The molecule has 0 spiro atoms. The van der Waals surface area contributed by atoms with Crippen molar-refractivity contribution in [3.05, 3.63) is 12.2 Å². The van der Waals surface area contributed by atoms with Crippen LogP contribution in [0.15, 0.2) is 12.2 Å². The highest BCUT2D eigenvalue weighted by molar-refractivity contribution is 7.47. The van der Waals surface area contributed by atoms with Crippen molar-refractivity contribution in [2.45, 2.75) is 264 Å². The second kappa shape index (κ2) is 46.7. The van der Waals surface area contributed by atoms with Crippen LogP contribution in [0, 0.1) is 0 Å². The maximum atomic E-state index is 12.7. The van der Waals surface area contributed by atoms with E-state index in [0.717, 1.165) is 32.1 Å². The molecule has 0 aromatic carbocycles. The smallest absolute Gasteiger partial charge is 0.462 e. The van der Waals surface area contributed by atoms with E-state index >= 15 is 0 Å². The monoisotopic (exact) mass is 886 g/mol. The van der Waals surface area contributed by atoms with Crippen molar-refractivity contribution in [1.82, 2.24) is 4.90 Å². The summed E-state index contributed by atoms with van der Waals surface area (Å²) in [5.41, 5.74) is 0. The Bertz CT molecular complexity index is 1020. The fourth-order valence-electron chi connectivity index (χ4n) is 7.57. The van der Waals surface area contributed by atoms with Crippen molar-refractivity contribution in [3.63, 3.8) is 0 Å². The standard InChI is InChI=1S/C51H100NO8P/c1-5-7-9-11-13-15-17-19-21-23-24-25-26-28-30-32-34-36-38-40-42-44-51(54)60-49(48-59-61(55,56)58-46-45-52(3)4)47-57-50(53)43-41-39-37-35-33-31-29-27-22-20-18-16-14-12-10-8-6-2/h19,21,49H,5-18,20,22-48H2,1-4H3,(H,55,56)/b21-19-. The second-order valence-electron chi connectivity index (χ2n) is 18.1. The Morgan fingerprint density at radius 3 is 1.21 bits per heavy atom. The zero-order valence-corrected chi connectivity index (χ0v) is 41.5. The highest BCUT2D eigenvalue weighted by Gasteiger charge is 2.26. The van der Waals surface area contributed by atoms with E-state index in [9.17, 15) is 19.0 Å². The van der Waals surface area contributed by atoms with Crippen LogP contribution in [-0.2, 0) is 32.7 Å². The molecule has 0 heterocycles. The van der Waals surface area contributed by atoms with Gasteiger partial charge in [-0.2, -0.15) is 0 Å². The van der Waals surface area contributed by atoms with Crippen LogP contribution in [-0.4, -0.2) is 68.3 Å². The van der Waals surface area contributed by atoms with E-state index in [0.29, 0.717) is 19.4 Å². The summed E-state index contributed by atoms with van der Waals surface area (Å²) in [5.74, 6) is -0.786. The van der Waals surface area contributed by atoms with Crippen molar-refractivity contribution < 1.29 is 37.6 Å². The molecule has 0 saturated carbocycles. The molecular formula is C51H100NO8P. The molecule has 2 atom stereocenters. The van der Waals surface area contributed by atoms with Gasteiger partial charge in [0.05, 0.1) is 13.2 Å². The first-order valence-electron chi connectivity index (χ1n) is 26.0. The Labute approximate surface area is 377 Å². The summed E-state index contributed by atoms with van der Waals surface area (Å²) in [7, 11) is -0.701. The molecule has 0 amide bonds. The fourth-order valence-corrected chi connectivity index (χ4v) is 8.31. The Balaban J connectivity index is 4.13. The number of hydrogen-bond acceptors (Lipinski definition) is 8. The molecule has 0 aromatic heterocycles. The molecule has 0 bridgehead atoms. The van der Waals surface area contributed by atoms with Crippen molar-refractivity contribution >= 4 is 19.8 Å². The SMILES string of the molecule is CCCCCCCC/C=C\CCCCCCCCCCCCCC(=O)OC(COC(=O)CCCCCCCCCCCCCCCCCCC)COP(=O)(O)OCCN(C)C. The van der Waals surface area contributed by atoms with Gasteiger partial charge < -0.3 is 19.3 Å². The molecule has 1 N–H and O–H groups in total. The van der Waals surface area contributed by atoms with Crippen LogP contribution in [0.5, 0.6) is 0 Å². The van der Waals surface area contributed by atoms with E-state index in [2.05, 4.69) is 26.0 Å². The Hall–Kier alpha value is -1.25. The number of phosphoric ester groups is 1. The van der Waals surface area contributed by atoms with Gasteiger partial charge in [0.15, 0.2) is 6.10 Å². The third-order valence-electron chi connectivity index (χ3n) is 11.6. The number of carbonyl (C=O) groups is 2. The lowest BCUT2D eigenvalue weighted by Crippen LogP contribution is -2.29. The zero-order chi connectivity index (χ0) is 44.8. The summed E-state index contributed by atoms with van der Waals surface area (Å²) >= 11 is 0. The van der Waals surface area contributed by atoms with Gasteiger partial charge in [-0.05, 0) is 52.6 Å². The fraction of sp³-hybridized carbons (Fsp3) is 0.922. The Morgan fingerprint density at radius 2 is 0.836 bits per heavy atom. The van der Waals surface area contributed by atoms with Crippen LogP contribution >= 0.6 is 7.82 Å². The van der Waals surface area contributed by atoms with Crippen LogP contribution in [0.3, 0.4) is 0 Å². The van der Waals surface area contributed by atoms with Crippen molar-refractivity contribution in [1.29, 1.82) is 0 Å². The van der Waals surface area contributed by atoms with Gasteiger partial charge in [-0.3, -0.25) is 18.6 Å². The maximum Gasteiger partial charge on any atom is 0.472 e. The van der Waals surface area contributed by atoms with Crippen LogP contribution in [0.4, 0.5) is 0 Å². The predicted molar refractivity (Wildman–Crippen MR) is 257 cm³/mol. The van der Waals surface area contributed by atoms with Gasteiger partial charge in [-0.15, -0.1) is 0 Å². The van der Waals surface area contributed by atoms with E-state index in [1.165, 1.54) is 193 Å². The van der Waals surface area contributed by atoms with Crippen LogP contribution in [0.1, 0.15) is 258 Å². The molecule has 0 aliphatic heterocycles. The predicted octanol–water partition coefficient (Wildman–Crippen LogP) is 15.6. The molecule has 9 nitrogen and oxygen atoms in total. The lowest BCUT2D eigenvalue weighted by molar-refractivity contribution is -0.161. The zero-order valence-electron chi connectivity index (χ0n) is 40.6. The van der Waals surface area contributed by atoms with Gasteiger partial charge in [0.25, 0.3) is 0 Å². The van der Waals surface area contributed by atoms with Crippen molar-refractivity contribution in [2.75, 3.05) is 40.5 Å². The topological polar surface area (TPSA) is 112 Å². The molecule has 61 heavy (non-hydrogen) atoms. The highest BCUT2D eigenvalue weighted by atomic mass is 31.2. The second-order valence-corrected chi connectivity index (χ2v) is 19.5. The molecule has 362 valence electrons. The van der Waals surface area contributed by atoms with Gasteiger partial charge in [-0.25, -0.2) is 4.57 Å². The minimum absolute atomic E-state index is 0.0110. The normalized spacial score (nSPS) is 13.3. The van der Waals surface area contributed by atoms with Crippen LogP contribution in [0.25, 0.3) is 0 Å². The minimum atomic E-state index is -4.36. The van der Waals surface area contributed by atoms with E-state index in [-0.39, 0.29) is 25.6 Å². The number of hydrogen-bond donors (Lipinski definition) is 1. The number of allylic oxidation sites excluding steroid dienone is 2. The number of phosphoric acid groups is 1. The molecule has 2 unspecified atom stereocenters. The number of unbranched alkanes of at least 4 members (excludes halogenated alkanes) is 33. The van der Waals surface area contributed by atoms with E-state index in [4.69, 9.17) is 18.5 Å². The van der Waals surface area contributed by atoms with Gasteiger partial charge in [0, 0.05) is 19.4 Å². The summed E-state index contributed by atoms with van der Waals surface area (Å²) in [6, 6.07) is 0. The highest BCUT2D eigenvalue weighted by Crippen LogP contribution is 2.43. The molecule has 0 aromatic rings. The first-order valence-corrected chi connectivity index (χ1v) is 27.5. The van der Waals surface area contributed by atoms with Crippen molar-refractivity contribution in [3.8, 4) is 0 Å². The van der Waals surface area contributed by atoms with Gasteiger partial charge in [-0.1, -0.05) is 219 Å². The molecular weight excluding hydrogens is 786 g/mol. The Kier molecular flexibility index (Phi) is 45.8. The maximum absolute atomic E-state index is 12.7. The summed E-state index contributed by atoms with van der Waals surface area (Å²) < 4.78 is 33.6. The average Bonchev–Trinajstić information content (AvgIpc) is 3.23. The van der Waals surface area contributed by atoms with Crippen LogP contribution in [0.2, 0.25) is 0 Å². The number of carbonyl (C=O) groups excluding carboxylic acids is 2. The van der Waals surface area contributed by atoms with Gasteiger partial charge in [0.1, 0.15) is 6.61 Å². The molecule has 0 aliphatic rings. The van der Waals surface area contributed by atoms with E-state index < -0.39 is 26.5 Å². The first kappa shape index (κ1) is 59.8. The molecule has 10 heteroatoms. The summed E-state index contributed by atoms with van der Waals surface area (Å²) in [6.45, 7) is 4.38. The molecule has 0 rings (SSSR count). The largest absolute Gasteiger partial charge is 0.472 e. The minimum Gasteiger partial charge on any atom is -0.462 e. The number of esters is 2. The number of rotatable bonds is 49. The lowest BCUT2D eigenvalue weighted by atomic mass is 10.0. The lowest BCUT2D eigenvalue weighted by Gasteiger charge is -2.20. The van der Waals surface area contributed by atoms with Gasteiger partial charge >= 0.3 is 19.8 Å². The molecule has 0 fully saturated rings. The quantitative estimate of drug-likeness (QED) is 0.0276. The Morgan fingerprint density at radius 1 is 0.492 bits per heavy atom. The molecule has 0 aliphatic carbocycles. The van der Waals surface area contributed by atoms with Crippen molar-refractivity contribution in [2.24, 2.45) is 0 Å². The average molecular weight is 886 g/mol.